The SMILES string of the molecule is O=C(CNC(=O)c1cccs1)Nc1ccc2nc(SCC(F)F)sc2c1. The van der Waals surface area contributed by atoms with Gasteiger partial charge in [0.15, 0.2) is 4.34 Å². The number of aromatic nitrogens is 1. The number of benzene rings is 1. The first-order valence-corrected chi connectivity index (χ1v) is 10.1. The second-order valence-electron chi connectivity index (χ2n) is 5.07. The zero-order valence-electron chi connectivity index (χ0n) is 13.2. The molecule has 3 aromatic rings. The lowest BCUT2D eigenvalue weighted by atomic mass is 10.3. The van der Waals surface area contributed by atoms with E-state index in [-0.39, 0.29) is 24.1 Å². The second kappa shape index (κ2) is 8.56. The maximum absolute atomic E-state index is 12.3. The fourth-order valence-corrected chi connectivity index (χ4v) is 4.55. The van der Waals surface area contributed by atoms with Crippen LogP contribution in [0.1, 0.15) is 9.67 Å². The maximum Gasteiger partial charge on any atom is 0.261 e. The lowest BCUT2D eigenvalue weighted by Gasteiger charge is -2.06. The topological polar surface area (TPSA) is 71.1 Å². The highest BCUT2D eigenvalue weighted by molar-refractivity contribution is 8.01. The monoisotopic (exact) mass is 413 g/mol. The third-order valence-electron chi connectivity index (χ3n) is 3.14. The van der Waals surface area contributed by atoms with Crippen LogP contribution in [0.4, 0.5) is 14.5 Å². The van der Waals surface area contributed by atoms with Crippen LogP contribution in [-0.4, -0.2) is 35.5 Å². The van der Waals surface area contributed by atoms with Crippen molar-refractivity contribution in [2.45, 2.75) is 10.8 Å². The zero-order chi connectivity index (χ0) is 18.5. The molecule has 0 aliphatic heterocycles. The highest BCUT2D eigenvalue weighted by Crippen LogP contribution is 2.31. The molecular weight excluding hydrogens is 400 g/mol. The normalized spacial score (nSPS) is 11.0. The fraction of sp³-hybridized carbons (Fsp3) is 0.188. The third kappa shape index (κ3) is 4.99. The Hall–Kier alpha value is -2.04. The van der Waals surface area contributed by atoms with Gasteiger partial charge in [0.1, 0.15) is 0 Å². The molecule has 2 N–H and O–H groups in total. The van der Waals surface area contributed by atoms with Gasteiger partial charge in [0.05, 0.1) is 27.4 Å². The summed E-state index contributed by atoms with van der Waals surface area (Å²) in [7, 11) is 0. The molecule has 0 radical (unpaired) electrons. The van der Waals surface area contributed by atoms with E-state index in [4.69, 9.17) is 0 Å². The van der Waals surface area contributed by atoms with E-state index in [0.717, 1.165) is 16.5 Å². The fourth-order valence-electron chi connectivity index (χ4n) is 2.04. The first-order chi connectivity index (χ1) is 12.5. The van der Waals surface area contributed by atoms with Crippen LogP contribution in [-0.2, 0) is 4.79 Å². The number of thioether (sulfide) groups is 1. The van der Waals surface area contributed by atoms with Gasteiger partial charge in [-0.1, -0.05) is 17.8 Å². The largest absolute Gasteiger partial charge is 0.342 e. The van der Waals surface area contributed by atoms with E-state index in [1.807, 2.05) is 0 Å². The molecule has 0 atom stereocenters. The van der Waals surface area contributed by atoms with Crippen LogP contribution < -0.4 is 10.6 Å². The molecule has 26 heavy (non-hydrogen) atoms. The van der Waals surface area contributed by atoms with Crippen molar-refractivity contribution in [2.24, 2.45) is 0 Å². The molecule has 0 fully saturated rings. The summed E-state index contributed by atoms with van der Waals surface area (Å²) in [5.41, 5.74) is 1.25. The van der Waals surface area contributed by atoms with Crippen molar-refractivity contribution in [2.75, 3.05) is 17.6 Å². The summed E-state index contributed by atoms with van der Waals surface area (Å²) in [6, 6.07) is 8.58. The van der Waals surface area contributed by atoms with E-state index in [1.165, 1.54) is 22.7 Å². The number of fused-ring (bicyclic) bond motifs is 1. The average molecular weight is 413 g/mol. The van der Waals surface area contributed by atoms with E-state index in [1.54, 1.807) is 35.7 Å². The maximum atomic E-state index is 12.3. The van der Waals surface area contributed by atoms with E-state index in [9.17, 15) is 18.4 Å². The van der Waals surface area contributed by atoms with Gasteiger partial charge in [0, 0.05) is 5.69 Å². The van der Waals surface area contributed by atoms with E-state index < -0.39 is 6.43 Å². The van der Waals surface area contributed by atoms with Crippen LogP contribution in [0.2, 0.25) is 0 Å². The van der Waals surface area contributed by atoms with Crippen molar-refractivity contribution in [3.63, 3.8) is 0 Å². The average Bonchev–Trinajstić information content (AvgIpc) is 3.26. The number of carbonyl (C=O) groups excluding carboxylic acids is 2. The van der Waals surface area contributed by atoms with Crippen LogP contribution in [0.3, 0.4) is 0 Å². The van der Waals surface area contributed by atoms with Gasteiger partial charge in [-0.05, 0) is 29.6 Å². The van der Waals surface area contributed by atoms with Crippen LogP contribution in [0.5, 0.6) is 0 Å². The summed E-state index contributed by atoms with van der Waals surface area (Å²) in [5.74, 6) is -0.951. The van der Waals surface area contributed by atoms with Gasteiger partial charge in [-0.15, -0.1) is 22.7 Å². The highest BCUT2D eigenvalue weighted by atomic mass is 32.2. The first kappa shape index (κ1) is 18.7. The van der Waals surface area contributed by atoms with Gasteiger partial charge in [-0.25, -0.2) is 13.8 Å². The smallest absolute Gasteiger partial charge is 0.261 e. The predicted molar refractivity (Wildman–Crippen MR) is 102 cm³/mol. The molecule has 2 heterocycles. The number of alkyl halides is 2. The van der Waals surface area contributed by atoms with E-state index in [0.29, 0.717) is 20.4 Å². The Morgan fingerprint density at radius 3 is 2.85 bits per heavy atom. The van der Waals surface area contributed by atoms with Crippen LogP contribution in [0.25, 0.3) is 10.2 Å². The summed E-state index contributed by atoms with van der Waals surface area (Å²) in [6.45, 7) is -0.146. The Morgan fingerprint density at radius 2 is 2.12 bits per heavy atom. The molecule has 5 nitrogen and oxygen atoms in total. The second-order valence-corrected chi connectivity index (χ2v) is 8.32. The van der Waals surface area contributed by atoms with Crippen molar-refractivity contribution < 1.29 is 18.4 Å². The van der Waals surface area contributed by atoms with Gasteiger partial charge < -0.3 is 10.6 Å². The number of nitrogens with zero attached hydrogens (tertiary/aromatic N) is 1. The third-order valence-corrected chi connectivity index (χ3v) is 6.18. The van der Waals surface area contributed by atoms with Crippen molar-refractivity contribution in [1.29, 1.82) is 0 Å². The molecule has 1 aromatic carbocycles. The number of halogens is 2. The number of thiophene rings is 1. The highest BCUT2D eigenvalue weighted by Gasteiger charge is 2.11. The van der Waals surface area contributed by atoms with Crippen molar-refractivity contribution in [1.82, 2.24) is 10.3 Å². The first-order valence-electron chi connectivity index (χ1n) is 7.44. The minimum Gasteiger partial charge on any atom is -0.342 e. The molecule has 0 saturated carbocycles. The van der Waals surface area contributed by atoms with Crippen molar-refractivity contribution in [3.8, 4) is 0 Å². The minimum absolute atomic E-state index is 0.146. The summed E-state index contributed by atoms with van der Waals surface area (Å²) in [6.07, 6.45) is -2.38. The number of hydrogen-bond acceptors (Lipinski definition) is 6. The van der Waals surface area contributed by atoms with E-state index in [2.05, 4.69) is 15.6 Å². The Balaban J connectivity index is 1.57. The molecule has 10 heteroatoms. The molecule has 2 amide bonds. The molecular formula is C16H13F2N3O2S3. The Kier molecular flexibility index (Phi) is 6.17. The molecule has 136 valence electrons. The number of amides is 2. The lowest BCUT2D eigenvalue weighted by molar-refractivity contribution is -0.115. The number of rotatable bonds is 7. The van der Waals surface area contributed by atoms with Crippen LogP contribution >= 0.6 is 34.4 Å². The summed E-state index contributed by atoms with van der Waals surface area (Å²) in [5, 5.41) is 7.03. The molecule has 0 unspecified atom stereocenters. The molecule has 0 saturated heterocycles. The van der Waals surface area contributed by atoms with Crippen LogP contribution in [0, 0.1) is 0 Å². The summed E-state index contributed by atoms with van der Waals surface area (Å²) >= 11 is 3.60. The van der Waals surface area contributed by atoms with Crippen molar-refractivity contribution in [3.05, 3.63) is 40.6 Å². The predicted octanol–water partition coefficient (Wildman–Crippen LogP) is 4.08. The molecule has 0 spiro atoms. The summed E-state index contributed by atoms with van der Waals surface area (Å²) in [4.78, 5) is 28.6. The molecule has 0 aliphatic rings. The zero-order valence-corrected chi connectivity index (χ0v) is 15.6. The standard InChI is InChI=1S/C16H13F2N3O2S3/c17-13(18)8-25-16-21-10-4-3-9(6-12(10)26-16)20-14(22)7-19-15(23)11-2-1-5-24-11/h1-6,13H,7-8H2,(H,19,23)(H,20,22). The lowest BCUT2D eigenvalue weighted by Crippen LogP contribution is -2.32. The van der Waals surface area contributed by atoms with Crippen molar-refractivity contribution >= 4 is 62.2 Å². The Bertz CT molecular complexity index is 913. The van der Waals surface area contributed by atoms with Gasteiger partial charge in [0.2, 0.25) is 12.3 Å². The molecule has 0 aliphatic carbocycles. The van der Waals surface area contributed by atoms with Gasteiger partial charge in [-0.3, -0.25) is 9.59 Å². The van der Waals surface area contributed by atoms with Crippen LogP contribution in [0.15, 0.2) is 40.1 Å². The number of anilines is 1. The minimum atomic E-state index is -2.38. The Morgan fingerprint density at radius 1 is 1.27 bits per heavy atom. The molecule has 2 aromatic heterocycles. The number of hydrogen-bond donors (Lipinski definition) is 2. The molecule has 3 rings (SSSR count). The van der Waals surface area contributed by atoms with Gasteiger partial charge in [0.25, 0.3) is 5.91 Å². The van der Waals surface area contributed by atoms with Gasteiger partial charge >= 0.3 is 0 Å². The quantitative estimate of drug-likeness (QED) is 0.573. The molecule has 0 bridgehead atoms. The number of thiazole rings is 1. The van der Waals surface area contributed by atoms with Gasteiger partial charge in [-0.2, -0.15) is 0 Å². The summed E-state index contributed by atoms with van der Waals surface area (Å²) < 4.78 is 25.9. The Labute approximate surface area is 159 Å². The number of nitrogens with one attached hydrogen (secondary N) is 2. The van der Waals surface area contributed by atoms with E-state index >= 15 is 0 Å². The number of carbonyl (C=O) groups is 2.